The van der Waals surface area contributed by atoms with Crippen LogP contribution in [0.4, 0.5) is 0 Å². The molecule has 2 N–H and O–H groups in total. The number of primary sulfonamides is 1. The molecule has 1 heterocycles. The number of sulfonamides is 1. The van der Waals surface area contributed by atoms with Crippen LogP contribution in [-0.4, -0.2) is 8.42 Å². The second-order valence-corrected chi connectivity index (χ2v) is 4.23. The van der Waals surface area contributed by atoms with Gasteiger partial charge in [-0.15, -0.1) is 0 Å². The van der Waals surface area contributed by atoms with E-state index in [9.17, 15) is 8.42 Å². The summed E-state index contributed by atoms with van der Waals surface area (Å²) in [6.07, 6.45) is 0.970. The molecule has 0 unspecified atom stereocenters. The zero-order valence-electron chi connectivity index (χ0n) is 7.01. The molecule has 1 aromatic carbocycles. The van der Waals surface area contributed by atoms with Gasteiger partial charge in [-0.1, -0.05) is 12.1 Å². The minimum absolute atomic E-state index is 0.0839. The molecule has 0 aromatic heterocycles. The molecule has 0 amide bonds. The van der Waals surface area contributed by atoms with Crippen molar-refractivity contribution >= 4 is 14.9 Å². The number of hydrogen-bond donors (Lipinski definition) is 1. The summed E-state index contributed by atoms with van der Waals surface area (Å²) in [5, 5.41) is 4.99. The third-order valence-electron chi connectivity index (χ3n) is 1.75. The summed E-state index contributed by atoms with van der Waals surface area (Å²) < 4.78 is 22.2. The Morgan fingerprint density at radius 3 is 2.64 bits per heavy atom. The van der Waals surface area contributed by atoms with Gasteiger partial charge >= 0.3 is 0 Å². The predicted octanol–water partition coefficient (Wildman–Crippen LogP) is 0.598. The molecule has 6 heteroatoms. The van der Waals surface area contributed by atoms with Gasteiger partial charge in [0, 0.05) is 5.56 Å². The van der Waals surface area contributed by atoms with E-state index in [1.54, 1.807) is 24.3 Å². The van der Waals surface area contributed by atoms with Gasteiger partial charge < -0.3 is 0 Å². The van der Waals surface area contributed by atoms with Gasteiger partial charge in [0.2, 0.25) is 10.0 Å². The van der Waals surface area contributed by atoms with E-state index in [4.69, 9.17) is 10.0 Å². The molecule has 0 saturated carbocycles. The number of rotatable bonds is 1. The Balaban J connectivity index is 2.62. The van der Waals surface area contributed by atoms with Crippen molar-refractivity contribution in [3.63, 3.8) is 0 Å². The maximum atomic E-state index is 11.1. The van der Waals surface area contributed by atoms with Crippen LogP contribution in [0.15, 0.2) is 30.5 Å². The second-order valence-electron chi connectivity index (χ2n) is 2.70. The lowest BCUT2D eigenvalue weighted by Crippen LogP contribution is -2.17. The fourth-order valence-electron chi connectivity index (χ4n) is 1.15. The van der Waals surface area contributed by atoms with E-state index < -0.39 is 10.0 Å². The van der Waals surface area contributed by atoms with Crippen LogP contribution in [0, 0.1) is 0 Å². The zero-order chi connectivity index (χ0) is 10.2. The van der Waals surface area contributed by atoms with Crippen LogP contribution < -0.4 is 10.0 Å². The molecular weight excluding hydrogens is 206 g/mol. The van der Waals surface area contributed by atoms with E-state index in [1.807, 2.05) is 0 Å². The first-order valence-electron chi connectivity index (χ1n) is 3.75. The van der Waals surface area contributed by atoms with Gasteiger partial charge in [0.1, 0.15) is 4.91 Å². The molecule has 14 heavy (non-hydrogen) atoms. The van der Waals surface area contributed by atoms with Gasteiger partial charge in [-0.2, -0.15) is 0 Å². The minimum atomic E-state index is -3.78. The van der Waals surface area contributed by atoms with E-state index in [2.05, 4.69) is 4.89 Å². The summed E-state index contributed by atoms with van der Waals surface area (Å²) in [4.78, 5) is 9.18. The van der Waals surface area contributed by atoms with Crippen molar-refractivity contribution in [1.29, 1.82) is 0 Å². The number of para-hydroxylation sites is 1. The van der Waals surface area contributed by atoms with E-state index in [0.29, 0.717) is 11.3 Å². The highest BCUT2D eigenvalue weighted by molar-refractivity contribution is 7.98. The smallest absolute Gasteiger partial charge is 0.242 e. The minimum Gasteiger partial charge on any atom is -0.296 e. The van der Waals surface area contributed by atoms with Crippen molar-refractivity contribution in [2.24, 2.45) is 5.14 Å². The Kier molecular flexibility index (Phi) is 1.94. The Hall–Kier alpha value is -1.53. The molecule has 0 aliphatic carbocycles. The van der Waals surface area contributed by atoms with Gasteiger partial charge in [-0.25, -0.2) is 13.6 Å². The van der Waals surface area contributed by atoms with Gasteiger partial charge in [0.25, 0.3) is 0 Å². The Morgan fingerprint density at radius 1 is 1.21 bits per heavy atom. The summed E-state index contributed by atoms with van der Waals surface area (Å²) in [5.41, 5.74) is 0.404. The first-order chi connectivity index (χ1) is 6.59. The molecule has 0 atom stereocenters. The predicted molar refractivity (Wildman–Crippen MR) is 49.2 cm³/mol. The number of benzene rings is 1. The largest absolute Gasteiger partial charge is 0.296 e. The van der Waals surface area contributed by atoms with Crippen molar-refractivity contribution in [2.75, 3.05) is 0 Å². The SMILES string of the molecule is NS(=O)(=O)C1=COOc2ccccc21. The van der Waals surface area contributed by atoms with Gasteiger partial charge in [-0.05, 0) is 12.1 Å². The second kappa shape index (κ2) is 3.00. The van der Waals surface area contributed by atoms with Gasteiger partial charge in [0.15, 0.2) is 12.0 Å². The van der Waals surface area contributed by atoms with Crippen LogP contribution in [0.3, 0.4) is 0 Å². The lowest BCUT2D eigenvalue weighted by atomic mass is 10.2. The average molecular weight is 213 g/mol. The molecule has 1 aliphatic rings. The third kappa shape index (κ3) is 1.45. The van der Waals surface area contributed by atoms with E-state index in [-0.39, 0.29) is 4.91 Å². The highest BCUT2D eigenvalue weighted by atomic mass is 32.2. The van der Waals surface area contributed by atoms with E-state index in [0.717, 1.165) is 6.26 Å². The molecule has 2 rings (SSSR count). The van der Waals surface area contributed by atoms with E-state index in [1.165, 1.54) is 0 Å². The summed E-state index contributed by atoms with van der Waals surface area (Å²) in [5.74, 6) is 0.332. The Labute approximate surface area is 80.7 Å². The van der Waals surface area contributed by atoms with Crippen molar-refractivity contribution < 1.29 is 18.2 Å². The van der Waals surface area contributed by atoms with Crippen LogP contribution in [0.1, 0.15) is 5.56 Å². The maximum absolute atomic E-state index is 11.1. The molecule has 0 saturated heterocycles. The molecule has 0 radical (unpaired) electrons. The van der Waals surface area contributed by atoms with Crippen molar-refractivity contribution in [2.45, 2.75) is 0 Å². The first kappa shape index (κ1) is 9.04. The van der Waals surface area contributed by atoms with Crippen molar-refractivity contribution in [3.8, 4) is 5.75 Å². The molecular formula is C8H7NO4S. The fraction of sp³-hybridized carbons (Fsp3) is 0. The van der Waals surface area contributed by atoms with Gasteiger partial charge in [0.05, 0.1) is 0 Å². The molecule has 74 valence electrons. The third-order valence-corrected chi connectivity index (χ3v) is 2.68. The number of hydrogen-bond acceptors (Lipinski definition) is 4. The van der Waals surface area contributed by atoms with E-state index >= 15 is 0 Å². The molecule has 1 aromatic rings. The zero-order valence-corrected chi connectivity index (χ0v) is 7.82. The monoisotopic (exact) mass is 213 g/mol. The molecule has 5 nitrogen and oxygen atoms in total. The normalized spacial score (nSPS) is 14.8. The molecule has 0 fully saturated rings. The van der Waals surface area contributed by atoms with Crippen LogP contribution in [0.5, 0.6) is 5.75 Å². The Morgan fingerprint density at radius 2 is 1.93 bits per heavy atom. The Bertz CT molecular complexity index is 492. The lowest BCUT2D eigenvalue weighted by Gasteiger charge is -2.14. The highest BCUT2D eigenvalue weighted by Crippen LogP contribution is 2.31. The average Bonchev–Trinajstić information content (AvgIpc) is 2.15. The van der Waals surface area contributed by atoms with Crippen molar-refractivity contribution in [1.82, 2.24) is 0 Å². The molecule has 0 spiro atoms. The summed E-state index contributed by atoms with van der Waals surface area (Å²) in [6.45, 7) is 0. The quantitative estimate of drug-likeness (QED) is 0.693. The highest BCUT2D eigenvalue weighted by Gasteiger charge is 2.23. The lowest BCUT2D eigenvalue weighted by molar-refractivity contribution is -0.151. The maximum Gasteiger partial charge on any atom is 0.242 e. The summed E-state index contributed by atoms with van der Waals surface area (Å²) in [7, 11) is -3.78. The van der Waals surface area contributed by atoms with Crippen molar-refractivity contribution in [3.05, 3.63) is 36.1 Å². The first-order valence-corrected chi connectivity index (χ1v) is 5.29. The number of nitrogens with two attached hydrogens (primary N) is 1. The summed E-state index contributed by atoms with van der Waals surface area (Å²) in [6, 6.07) is 6.57. The van der Waals surface area contributed by atoms with Crippen LogP contribution in [0.2, 0.25) is 0 Å². The molecule has 0 bridgehead atoms. The number of fused-ring (bicyclic) bond motifs is 1. The van der Waals surface area contributed by atoms with Crippen LogP contribution in [0.25, 0.3) is 4.91 Å². The van der Waals surface area contributed by atoms with Crippen LogP contribution >= 0.6 is 0 Å². The molecule has 1 aliphatic heterocycles. The van der Waals surface area contributed by atoms with Gasteiger partial charge in [-0.3, -0.25) is 9.78 Å². The topological polar surface area (TPSA) is 78.6 Å². The fourth-order valence-corrected chi connectivity index (χ4v) is 1.79. The van der Waals surface area contributed by atoms with Crippen LogP contribution in [-0.2, 0) is 14.9 Å². The standard InChI is InChI=1S/C8H7NO4S/c9-14(10,11)8-5-12-13-7-4-2-1-3-6(7)8/h1-5H,(H2,9,10,11). The summed E-state index contributed by atoms with van der Waals surface area (Å²) >= 11 is 0.